The van der Waals surface area contributed by atoms with E-state index in [1.54, 1.807) is 0 Å². The minimum atomic E-state index is -0.781. The molecule has 0 aromatic carbocycles. The summed E-state index contributed by atoms with van der Waals surface area (Å²) in [7, 11) is 0. The molecule has 6 nitrogen and oxygen atoms in total. The minimum Gasteiger partial charge on any atom is -0.462 e. The Morgan fingerprint density at radius 2 is 0.513 bits per heavy atom. The molecule has 1 atom stereocenters. The molecule has 0 aliphatic rings. The van der Waals surface area contributed by atoms with E-state index < -0.39 is 6.10 Å². The van der Waals surface area contributed by atoms with E-state index in [0.29, 0.717) is 19.3 Å². The quantitative estimate of drug-likeness (QED) is 0.0261. The van der Waals surface area contributed by atoms with Gasteiger partial charge in [0.25, 0.3) is 0 Å². The van der Waals surface area contributed by atoms with Gasteiger partial charge in [-0.25, -0.2) is 0 Å². The Labute approximate surface area is 470 Å². The maximum atomic E-state index is 12.8. The summed E-state index contributed by atoms with van der Waals surface area (Å²) in [5.41, 5.74) is 0. The summed E-state index contributed by atoms with van der Waals surface area (Å²) in [6, 6.07) is 0. The van der Waals surface area contributed by atoms with Crippen LogP contribution in [0.25, 0.3) is 0 Å². The summed E-state index contributed by atoms with van der Waals surface area (Å²) in [6.07, 6.45) is 86.0. The number of carbonyl (C=O) groups excluding carboxylic acids is 3. The summed E-state index contributed by atoms with van der Waals surface area (Å²) >= 11 is 0. The van der Waals surface area contributed by atoms with Crippen molar-refractivity contribution >= 4 is 17.9 Å². The van der Waals surface area contributed by atoms with Crippen LogP contribution in [-0.2, 0) is 28.6 Å². The van der Waals surface area contributed by atoms with Crippen LogP contribution in [0.2, 0.25) is 0 Å². The fourth-order valence-corrected chi connectivity index (χ4v) is 9.01. The maximum absolute atomic E-state index is 12.8. The van der Waals surface area contributed by atoms with Gasteiger partial charge in [0, 0.05) is 19.3 Å². The summed E-state index contributed by atoms with van der Waals surface area (Å²) in [6.45, 7) is 6.46. The molecular weight excluding hydrogens is 937 g/mol. The van der Waals surface area contributed by atoms with Crippen molar-refractivity contribution in [2.75, 3.05) is 13.2 Å². The van der Waals surface area contributed by atoms with E-state index in [1.807, 2.05) is 0 Å². The molecule has 0 saturated carbocycles. The highest BCUT2D eigenvalue weighted by Crippen LogP contribution is 2.16. The van der Waals surface area contributed by atoms with Gasteiger partial charge in [-0.2, -0.15) is 0 Å². The second-order valence-corrected chi connectivity index (χ2v) is 21.3. The van der Waals surface area contributed by atoms with Crippen molar-refractivity contribution in [2.45, 2.75) is 316 Å². The summed E-state index contributed by atoms with van der Waals surface area (Å²) < 4.78 is 16.8. The Kier molecular flexibility index (Phi) is 60.8. The number of carbonyl (C=O) groups is 3. The zero-order valence-corrected chi connectivity index (χ0v) is 50.0. The lowest BCUT2D eigenvalue weighted by molar-refractivity contribution is -0.167. The number of unbranched alkanes of at least 4 members (excludes halogenated alkanes) is 31. The first-order valence-corrected chi connectivity index (χ1v) is 32.2. The molecule has 0 N–H and O–H groups in total. The summed E-state index contributed by atoms with van der Waals surface area (Å²) in [5, 5.41) is 0. The first-order valence-electron chi connectivity index (χ1n) is 32.2. The third-order valence-corrected chi connectivity index (χ3v) is 13.8. The number of hydrogen-bond donors (Lipinski definition) is 0. The third kappa shape index (κ3) is 61.2. The third-order valence-electron chi connectivity index (χ3n) is 13.8. The Balaban J connectivity index is 4.07. The van der Waals surface area contributed by atoms with E-state index in [-0.39, 0.29) is 31.1 Å². The molecule has 6 heteroatoms. The van der Waals surface area contributed by atoms with Crippen LogP contribution in [0.15, 0.2) is 97.2 Å². The van der Waals surface area contributed by atoms with Crippen LogP contribution in [0.3, 0.4) is 0 Å². The molecule has 0 aliphatic heterocycles. The monoisotopic (exact) mass is 1060 g/mol. The molecule has 1 unspecified atom stereocenters. The van der Waals surface area contributed by atoms with Crippen molar-refractivity contribution < 1.29 is 28.6 Å². The summed E-state index contributed by atoms with van der Waals surface area (Å²) in [4.78, 5) is 38.0. The van der Waals surface area contributed by atoms with E-state index in [0.717, 1.165) is 116 Å². The van der Waals surface area contributed by atoms with Gasteiger partial charge < -0.3 is 14.2 Å². The minimum absolute atomic E-state index is 0.0807. The fourth-order valence-electron chi connectivity index (χ4n) is 9.01. The number of ether oxygens (including phenoxy) is 3. The fraction of sp³-hybridized carbons (Fsp3) is 0.729. The van der Waals surface area contributed by atoms with Crippen LogP contribution in [0, 0.1) is 0 Å². The molecule has 0 aliphatic carbocycles. The number of allylic oxidation sites excluding steroid dienone is 16. The predicted molar refractivity (Wildman–Crippen MR) is 330 cm³/mol. The van der Waals surface area contributed by atoms with Crippen LogP contribution in [0.5, 0.6) is 0 Å². The zero-order valence-electron chi connectivity index (χ0n) is 50.0. The largest absolute Gasteiger partial charge is 0.462 e. The Morgan fingerprint density at radius 1 is 0.276 bits per heavy atom. The Hall–Kier alpha value is -3.67. The lowest BCUT2D eigenvalue weighted by atomic mass is 10.0. The SMILES string of the molecule is CC/C=C\C/C=C\C/C=C\C/C=C\C/C=C\CCCCCCCCCCCCCCCCCC(=O)OCC(COC(=O)CCCCCCCC)OC(=O)CCCCCCCC/C=C\C/C=C\C/C=C\CCCCCCC. The van der Waals surface area contributed by atoms with Gasteiger partial charge in [-0.05, 0) is 103 Å². The number of hydrogen-bond acceptors (Lipinski definition) is 6. The van der Waals surface area contributed by atoms with Gasteiger partial charge in [-0.1, -0.05) is 285 Å². The first-order chi connectivity index (χ1) is 37.5. The van der Waals surface area contributed by atoms with Gasteiger partial charge >= 0.3 is 17.9 Å². The average Bonchev–Trinajstić information content (AvgIpc) is 3.42. The summed E-state index contributed by atoms with van der Waals surface area (Å²) in [5.74, 6) is -0.895. The molecule has 0 spiro atoms. The van der Waals surface area contributed by atoms with E-state index in [2.05, 4.69) is 118 Å². The maximum Gasteiger partial charge on any atom is 0.306 e. The highest BCUT2D eigenvalue weighted by Gasteiger charge is 2.19. The van der Waals surface area contributed by atoms with Gasteiger partial charge in [-0.15, -0.1) is 0 Å². The highest BCUT2D eigenvalue weighted by atomic mass is 16.6. The molecule has 0 bridgehead atoms. The van der Waals surface area contributed by atoms with Crippen LogP contribution in [0.1, 0.15) is 310 Å². The second-order valence-electron chi connectivity index (χ2n) is 21.3. The number of rotatable bonds is 58. The van der Waals surface area contributed by atoms with E-state index in [1.165, 1.54) is 154 Å². The molecule has 76 heavy (non-hydrogen) atoms. The molecule has 0 aromatic heterocycles. The molecule has 0 saturated heterocycles. The van der Waals surface area contributed by atoms with E-state index >= 15 is 0 Å². The second kappa shape index (κ2) is 63.9. The van der Waals surface area contributed by atoms with Gasteiger partial charge in [0.1, 0.15) is 13.2 Å². The average molecular weight is 1060 g/mol. The van der Waals surface area contributed by atoms with Crippen LogP contribution in [-0.4, -0.2) is 37.2 Å². The highest BCUT2D eigenvalue weighted by molar-refractivity contribution is 5.71. The zero-order chi connectivity index (χ0) is 55.0. The van der Waals surface area contributed by atoms with Crippen molar-refractivity contribution in [3.8, 4) is 0 Å². The molecule has 0 amide bonds. The molecule has 0 fully saturated rings. The van der Waals surface area contributed by atoms with Crippen molar-refractivity contribution in [3.63, 3.8) is 0 Å². The molecule has 0 rings (SSSR count). The number of esters is 3. The van der Waals surface area contributed by atoms with Crippen molar-refractivity contribution in [2.24, 2.45) is 0 Å². The van der Waals surface area contributed by atoms with Crippen molar-refractivity contribution in [1.82, 2.24) is 0 Å². The first kappa shape index (κ1) is 72.3. The van der Waals surface area contributed by atoms with Gasteiger partial charge in [-0.3, -0.25) is 14.4 Å². The predicted octanol–water partition coefficient (Wildman–Crippen LogP) is 22.0. The standard InChI is InChI=1S/C70H120O6/c1-4-7-10-13-16-18-20-22-24-26-28-30-31-32-33-34-35-36-37-38-39-41-42-44-46-48-50-52-54-57-60-63-69(72)75-66-67(65-74-68(71)62-59-56-15-12-9-6-3)76-70(73)64-61-58-55-53-51-49-47-45-43-40-29-27-25-23-21-19-17-14-11-8-5-2/h7,10,16,18,21-24,27-30,32-33,43,45,67H,4-6,8-9,11-15,17,19-20,25-26,31,34-42,44,46-66H2,1-3H3/b10-7-,18-16-,23-21-,24-22-,29-27-,30-28-,33-32-,45-43-. The van der Waals surface area contributed by atoms with E-state index in [9.17, 15) is 14.4 Å². The van der Waals surface area contributed by atoms with Gasteiger partial charge in [0.05, 0.1) is 0 Å². The molecular formula is C70H120O6. The Morgan fingerprint density at radius 3 is 0.803 bits per heavy atom. The van der Waals surface area contributed by atoms with Crippen LogP contribution < -0.4 is 0 Å². The molecule has 0 aromatic rings. The smallest absolute Gasteiger partial charge is 0.306 e. The molecule has 436 valence electrons. The van der Waals surface area contributed by atoms with Crippen LogP contribution in [0.4, 0.5) is 0 Å². The van der Waals surface area contributed by atoms with Crippen LogP contribution >= 0.6 is 0 Å². The molecule has 0 radical (unpaired) electrons. The lowest BCUT2D eigenvalue weighted by Gasteiger charge is -2.18. The topological polar surface area (TPSA) is 78.9 Å². The Bertz CT molecular complexity index is 1490. The van der Waals surface area contributed by atoms with Crippen molar-refractivity contribution in [1.29, 1.82) is 0 Å². The molecule has 0 heterocycles. The van der Waals surface area contributed by atoms with Gasteiger partial charge in [0.15, 0.2) is 6.10 Å². The lowest BCUT2D eigenvalue weighted by Crippen LogP contribution is -2.30. The van der Waals surface area contributed by atoms with E-state index in [4.69, 9.17) is 14.2 Å². The van der Waals surface area contributed by atoms with Gasteiger partial charge in [0.2, 0.25) is 0 Å². The normalized spacial score (nSPS) is 12.7. The van der Waals surface area contributed by atoms with Crippen molar-refractivity contribution in [3.05, 3.63) is 97.2 Å².